The predicted octanol–water partition coefficient (Wildman–Crippen LogP) is 3.78. The number of nitrogens with two attached hydrogens (primary N) is 1. The SMILES string of the molecule is Cc1ccc(C(=O)CCCc2ccccc2)cc1N. The van der Waals surface area contributed by atoms with Crippen molar-refractivity contribution in [2.45, 2.75) is 26.2 Å². The molecular formula is C17H19NO. The monoisotopic (exact) mass is 253 g/mol. The third kappa shape index (κ3) is 3.68. The first-order chi connectivity index (χ1) is 9.16. The highest BCUT2D eigenvalue weighted by Gasteiger charge is 2.07. The number of carbonyl (C=O) groups excluding carboxylic acids is 1. The van der Waals surface area contributed by atoms with E-state index in [1.807, 2.05) is 37.3 Å². The molecule has 2 aromatic rings. The van der Waals surface area contributed by atoms with Gasteiger partial charge in [-0.05, 0) is 37.0 Å². The van der Waals surface area contributed by atoms with E-state index in [0.717, 1.165) is 24.0 Å². The van der Waals surface area contributed by atoms with Crippen molar-refractivity contribution in [3.05, 3.63) is 65.2 Å². The highest BCUT2D eigenvalue weighted by atomic mass is 16.1. The zero-order chi connectivity index (χ0) is 13.7. The lowest BCUT2D eigenvalue weighted by Gasteiger charge is -2.05. The van der Waals surface area contributed by atoms with Crippen LogP contribution in [0.5, 0.6) is 0 Å². The van der Waals surface area contributed by atoms with Gasteiger partial charge in [-0.15, -0.1) is 0 Å². The maximum Gasteiger partial charge on any atom is 0.162 e. The Morgan fingerprint density at radius 2 is 1.84 bits per heavy atom. The Labute approximate surface area is 114 Å². The first-order valence-electron chi connectivity index (χ1n) is 6.60. The molecular weight excluding hydrogens is 234 g/mol. The van der Waals surface area contributed by atoms with Gasteiger partial charge >= 0.3 is 0 Å². The van der Waals surface area contributed by atoms with Gasteiger partial charge in [-0.1, -0.05) is 42.5 Å². The van der Waals surface area contributed by atoms with Crippen molar-refractivity contribution in [2.24, 2.45) is 0 Å². The fourth-order valence-corrected chi connectivity index (χ4v) is 2.06. The van der Waals surface area contributed by atoms with E-state index in [1.165, 1.54) is 5.56 Å². The summed E-state index contributed by atoms with van der Waals surface area (Å²) in [4.78, 5) is 12.0. The largest absolute Gasteiger partial charge is 0.398 e. The molecule has 0 fully saturated rings. The van der Waals surface area contributed by atoms with Gasteiger partial charge in [0, 0.05) is 17.7 Å². The van der Waals surface area contributed by atoms with Crippen molar-refractivity contribution in [2.75, 3.05) is 5.73 Å². The molecule has 2 N–H and O–H groups in total. The van der Waals surface area contributed by atoms with E-state index in [0.29, 0.717) is 12.1 Å². The van der Waals surface area contributed by atoms with Crippen molar-refractivity contribution in [1.29, 1.82) is 0 Å². The molecule has 0 atom stereocenters. The zero-order valence-corrected chi connectivity index (χ0v) is 11.2. The second-order valence-corrected chi connectivity index (χ2v) is 4.83. The summed E-state index contributed by atoms with van der Waals surface area (Å²) < 4.78 is 0. The van der Waals surface area contributed by atoms with Gasteiger partial charge < -0.3 is 5.73 Å². The normalized spacial score (nSPS) is 10.4. The van der Waals surface area contributed by atoms with Crippen molar-refractivity contribution in [3.8, 4) is 0 Å². The molecule has 2 rings (SSSR count). The van der Waals surface area contributed by atoms with E-state index >= 15 is 0 Å². The minimum atomic E-state index is 0.169. The summed E-state index contributed by atoms with van der Waals surface area (Å²) in [7, 11) is 0. The summed E-state index contributed by atoms with van der Waals surface area (Å²) >= 11 is 0. The topological polar surface area (TPSA) is 43.1 Å². The minimum Gasteiger partial charge on any atom is -0.398 e. The first-order valence-corrected chi connectivity index (χ1v) is 6.60. The third-order valence-electron chi connectivity index (χ3n) is 3.31. The van der Waals surface area contributed by atoms with E-state index in [2.05, 4.69) is 12.1 Å². The van der Waals surface area contributed by atoms with Crippen LogP contribution >= 0.6 is 0 Å². The minimum absolute atomic E-state index is 0.169. The maximum absolute atomic E-state index is 12.0. The molecule has 0 saturated carbocycles. The highest BCUT2D eigenvalue weighted by Crippen LogP contribution is 2.15. The molecule has 19 heavy (non-hydrogen) atoms. The van der Waals surface area contributed by atoms with Gasteiger partial charge in [-0.25, -0.2) is 0 Å². The quantitative estimate of drug-likeness (QED) is 0.651. The molecule has 2 aromatic carbocycles. The van der Waals surface area contributed by atoms with Gasteiger partial charge in [-0.3, -0.25) is 4.79 Å². The Morgan fingerprint density at radius 3 is 2.53 bits per heavy atom. The third-order valence-corrected chi connectivity index (χ3v) is 3.31. The van der Waals surface area contributed by atoms with E-state index < -0.39 is 0 Å². The molecule has 0 aliphatic rings. The maximum atomic E-state index is 12.0. The molecule has 0 radical (unpaired) electrons. The van der Waals surface area contributed by atoms with Crippen LogP contribution in [0, 0.1) is 6.92 Å². The Bertz CT molecular complexity index is 561. The summed E-state index contributed by atoms with van der Waals surface area (Å²) in [5.74, 6) is 0.169. The van der Waals surface area contributed by atoms with Crippen LogP contribution in [0.25, 0.3) is 0 Å². The zero-order valence-electron chi connectivity index (χ0n) is 11.2. The van der Waals surface area contributed by atoms with Crippen LogP contribution in [-0.2, 0) is 6.42 Å². The van der Waals surface area contributed by atoms with Gasteiger partial charge in [0.25, 0.3) is 0 Å². The van der Waals surface area contributed by atoms with E-state index in [1.54, 1.807) is 6.07 Å². The standard InChI is InChI=1S/C17H19NO/c1-13-10-11-15(12-16(13)18)17(19)9-5-8-14-6-3-2-4-7-14/h2-4,6-7,10-12H,5,8-9,18H2,1H3. The van der Waals surface area contributed by atoms with Crippen molar-refractivity contribution < 1.29 is 4.79 Å². The molecule has 0 saturated heterocycles. The Balaban J connectivity index is 1.89. The van der Waals surface area contributed by atoms with Crippen molar-refractivity contribution >= 4 is 11.5 Å². The average Bonchev–Trinajstić information content (AvgIpc) is 2.43. The van der Waals surface area contributed by atoms with E-state index in [9.17, 15) is 4.79 Å². The Hall–Kier alpha value is -2.09. The van der Waals surface area contributed by atoms with Crippen LogP contribution in [-0.4, -0.2) is 5.78 Å². The van der Waals surface area contributed by atoms with Crippen LogP contribution in [0.1, 0.15) is 34.3 Å². The van der Waals surface area contributed by atoms with E-state index in [-0.39, 0.29) is 5.78 Å². The summed E-state index contributed by atoms with van der Waals surface area (Å²) in [6.45, 7) is 1.94. The average molecular weight is 253 g/mol. The molecule has 2 heteroatoms. The molecule has 0 amide bonds. The smallest absolute Gasteiger partial charge is 0.162 e. The second-order valence-electron chi connectivity index (χ2n) is 4.83. The van der Waals surface area contributed by atoms with Crippen LogP contribution < -0.4 is 5.73 Å². The number of rotatable bonds is 5. The second kappa shape index (κ2) is 6.19. The molecule has 0 unspecified atom stereocenters. The molecule has 0 heterocycles. The number of hydrogen-bond donors (Lipinski definition) is 1. The lowest BCUT2D eigenvalue weighted by Crippen LogP contribution is -2.02. The number of aryl methyl sites for hydroxylation is 2. The Morgan fingerprint density at radius 1 is 1.11 bits per heavy atom. The highest BCUT2D eigenvalue weighted by molar-refractivity contribution is 5.97. The van der Waals surface area contributed by atoms with E-state index in [4.69, 9.17) is 5.73 Å². The molecule has 0 aliphatic heterocycles. The van der Waals surface area contributed by atoms with Gasteiger partial charge in [0.05, 0.1) is 0 Å². The number of Topliss-reactive ketones (excluding diaryl/α,β-unsaturated/α-hetero) is 1. The molecule has 0 aliphatic carbocycles. The molecule has 2 nitrogen and oxygen atoms in total. The lowest BCUT2D eigenvalue weighted by molar-refractivity contribution is 0.0980. The molecule has 0 aromatic heterocycles. The molecule has 0 spiro atoms. The number of hydrogen-bond acceptors (Lipinski definition) is 2. The van der Waals surface area contributed by atoms with Crippen LogP contribution in [0.4, 0.5) is 5.69 Å². The number of anilines is 1. The number of nitrogen functional groups attached to an aromatic ring is 1. The molecule has 98 valence electrons. The van der Waals surface area contributed by atoms with Crippen molar-refractivity contribution in [3.63, 3.8) is 0 Å². The predicted molar refractivity (Wildman–Crippen MR) is 79.3 cm³/mol. The van der Waals surface area contributed by atoms with Gasteiger partial charge in [0.1, 0.15) is 0 Å². The van der Waals surface area contributed by atoms with Gasteiger partial charge in [0.15, 0.2) is 5.78 Å². The summed E-state index contributed by atoms with van der Waals surface area (Å²) in [6.07, 6.45) is 2.38. The molecule has 0 bridgehead atoms. The van der Waals surface area contributed by atoms with Crippen LogP contribution in [0.3, 0.4) is 0 Å². The first kappa shape index (κ1) is 13.3. The number of benzene rings is 2. The number of ketones is 1. The lowest BCUT2D eigenvalue weighted by atomic mass is 10.0. The Kier molecular flexibility index (Phi) is 4.35. The summed E-state index contributed by atoms with van der Waals surface area (Å²) in [5, 5.41) is 0. The number of carbonyl (C=O) groups is 1. The summed E-state index contributed by atoms with van der Waals surface area (Å²) in [5.41, 5.74) is 9.52. The fourth-order valence-electron chi connectivity index (χ4n) is 2.06. The van der Waals surface area contributed by atoms with Crippen LogP contribution in [0.15, 0.2) is 48.5 Å². The summed E-state index contributed by atoms with van der Waals surface area (Å²) in [6, 6.07) is 15.8. The van der Waals surface area contributed by atoms with Crippen LogP contribution in [0.2, 0.25) is 0 Å². The van der Waals surface area contributed by atoms with Gasteiger partial charge in [-0.2, -0.15) is 0 Å². The fraction of sp³-hybridized carbons (Fsp3) is 0.235. The van der Waals surface area contributed by atoms with Crippen molar-refractivity contribution in [1.82, 2.24) is 0 Å². The van der Waals surface area contributed by atoms with Gasteiger partial charge in [0.2, 0.25) is 0 Å².